The molecule has 0 saturated heterocycles. The molecule has 0 aliphatic heterocycles. The van der Waals surface area contributed by atoms with Gasteiger partial charge in [-0.05, 0) is 96.6 Å². The van der Waals surface area contributed by atoms with E-state index in [1.54, 1.807) is 12.4 Å². The SMILES string of the molecule is Cc1ccnc(-n2c3[c-]c(Oc4[c-]c(-n5nc(-c6cccnc6)c(-c6c(C)cccc6C)c5-c5cccnc5)ccc4)ccc3c3ccccc32)c1.[Pt+2]. The molecule has 5 heterocycles. The molecule has 4 aromatic carbocycles. The quantitative estimate of drug-likeness (QED) is 0.149. The summed E-state index contributed by atoms with van der Waals surface area (Å²) in [6, 6.07) is 43.8. The van der Waals surface area contributed by atoms with E-state index in [1.807, 2.05) is 77.9 Å². The molecule has 0 aliphatic carbocycles. The third-order valence-corrected chi connectivity index (χ3v) is 9.37. The number of pyridine rings is 3. The van der Waals surface area contributed by atoms with Crippen LogP contribution in [0.1, 0.15) is 16.7 Å². The summed E-state index contributed by atoms with van der Waals surface area (Å²) in [5, 5.41) is 7.50. The largest absolute Gasteiger partial charge is 2.00 e. The van der Waals surface area contributed by atoms with Gasteiger partial charge in [0.1, 0.15) is 11.5 Å². The van der Waals surface area contributed by atoms with E-state index in [1.165, 1.54) is 0 Å². The van der Waals surface area contributed by atoms with E-state index in [-0.39, 0.29) is 21.1 Å². The van der Waals surface area contributed by atoms with Crippen LogP contribution in [0.2, 0.25) is 0 Å². The van der Waals surface area contributed by atoms with Gasteiger partial charge in [-0.1, -0.05) is 41.9 Å². The third-order valence-electron chi connectivity index (χ3n) is 9.37. The molecule has 0 spiro atoms. The first kappa shape index (κ1) is 33.9. The van der Waals surface area contributed by atoms with Crippen molar-refractivity contribution in [3.8, 4) is 56.6 Å². The summed E-state index contributed by atoms with van der Waals surface area (Å²) in [4.78, 5) is 13.7. The molecule has 5 aromatic heterocycles. The van der Waals surface area contributed by atoms with Crippen LogP contribution in [0.3, 0.4) is 0 Å². The number of hydrogen-bond donors (Lipinski definition) is 0. The normalized spacial score (nSPS) is 11.2. The van der Waals surface area contributed by atoms with E-state index in [4.69, 9.17) is 14.8 Å². The Morgan fingerprint density at radius 2 is 1.36 bits per heavy atom. The first-order valence-electron chi connectivity index (χ1n) is 17.1. The van der Waals surface area contributed by atoms with Crippen LogP contribution in [0.5, 0.6) is 11.5 Å². The molecule has 53 heavy (non-hydrogen) atoms. The van der Waals surface area contributed by atoms with Gasteiger partial charge < -0.3 is 9.30 Å². The van der Waals surface area contributed by atoms with E-state index in [0.717, 1.165) is 83.6 Å². The number of fused-ring (bicyclic) bond motifs is 3. The van der Waals surface area contributed by atoms with Gasteiger partial charge in [-0.2, -0.15) is 17.2 Å². The molecule has 0 radical (unpaired) electrons. The molecule has 7 nitrogen and oxygen atoms in total. The number of para-hydroxylation sites is 1. The van der Waals surface area contributed by atoms with Gasteiger partial charge in [0, 0.05) is 64.7 Å². The summed E-state index contributed by atoms with van der Waals surface area (Å²) < 4.78 is 10.6. The molecule has 0 atom stereocenters. The van der Waals surface area contributed by atoms with Crippen LogP contribution < -0.4 is 4.74 Å². The van der Waals surface area contributed by atoms with Crippen LogP contribution >= 0.6 is 0 Å². The predicted molar refractivity (Wildman–Crippen MR) is 206 cm³/mol. The summed E-state index contributed by atoms with van der Waals surface area (Å²) >= 11 is 0. The number of ether oxygens (including phenoxy) is 1. The van der Waals surface area contributed by atoms with Gasteiger partial charge in [-0.3, -0.25) is 14.6 Å². The van der Waals surface area contributed by atoms with Crippen LogP contribution in [0.4, 0.5) is 0 Å². The standard InChI is InChI=1S/C45H32N6O.Pt/c1-29-20-23-48-41(24-29)50-39-17-5-4-16-37(39)38-19-18-36(26-40(38)50)52-35-15-7-14-34(25-35)51-45(33-13-9-22-47-28-33)43(42-30(2)10-6-11-31(42)3)44(49-51)32-12-8-21-46-27-32;/h4-24,27-28H,1-3H3;/q-2;+2. The van der Waals surface area contributed by atoms with E-state index in [2.05, 4.69) is 102 Å². The third kappa shape index (κ3) is 6.13. The molecule has 0 bridgehead atoms. The zero-order chi connectivity index (χ0) is 35.2. The van der Waals surface area contributed by atoms with Crippen LogP contribution in [0, 0.1) is 32.9 Å². The van der Waals surface area contributed by atoms with Gasteiger partial charge in [0.2, 0.25) is 0 Å². The second kappa shape index (κ2) is 14.1. The first-order valence-corrected chi connectivity index (χ1v) is 17.1. The van der Waals surface area contributed by atoms with Crippen molar-refractivity contribution in [2.24, 2.45) is 0 Å². The molecular weight excluding hydrogens is 836 g/mol. The molecule has 0 amide bonds. The van der Waals surface area contributed by atoms with Gasteiger partial charge in [-0.25, -0.2) is 4.98 Å². The summed E-state index contributed by atoms with van der Waals surface area (Å²) in [6.07, 6.45) is 9.14. The number of rotatable bonds is 7. The minimum atomic E-state index is 0. The second-order valence-electron chi connectivity index (χ2n) is 12.9. The number of aryl methyl sites for hydroxylation is 3. The smallest absolute Gasteiger partial charge is 0.509 e. The summed E-state index contributed by atoms with van der Waals surface area (Å²) in [6.45, 7) is 6.36. The van der Waals surface area contributed by atoms with E-state index in [0.29, 0.717) is 11.5 Å². The van der Waals surface area contributed by atoms with Gasteiger partial charge in [-0.15, -0.1) is 35.7 Å². The Labute approximate surface area is 321 Å². The molecule has 0 aliphatic rings. The van der Waals surface area contributed by atoms with Gasteiger partial charge >= 0.3 is 21.1 Å². The molecule has 9 rings (SSSR count). The number of nitrogens with zero attached hydrogens (tertiary/aromatic N) is 6. The van der Waals surface area contributed by atoms with Crippen LogP contribution in [-0.4, -0.2) is 29.3 Å². The zero-order valence-electron chi connectivity index (χ0n) is 29.2. The van der Waals surface area contributed by atoms with Crippen molar-refractivity contribution < 1.29 is 25.8 Å². The Morgan fingerprint density at radius 3 is 2.11 bits per heavy atom. The van der Waals surface area contributed by atoms with Crippen LogP contribution in [0.15, 0.2) is 140 Å². The number of benzene rings is 4. The average Bonchev–Trinajstić information content (AvgIpc) is 3.72. The van der Waals surface area contributed by atoms with Crippen molar-refractivity contribution in [3.05, 3.63) is 169 Å². The Balaban J connectivity index is 0.00000400. The van der Waals surface area contributed by atoms with Crippen molar-refractivity contribution in [1.29, 1.82) is 0 Å². The molecule has 258 valence electrons. The zero-order valence-corrected chi connectivity index (χ0v) is 31.5. The summed E-state index contributed by atoms with van der Waals surface area (Å²) in [5.41, 5.74) is 11.8. The van der Waals surface area contributed by atoms with Crippen molar-refractivity contribution >= 4 is 21.8 Å². The second-order valence-corrected chi connectivity index (χ2v) is 12.9. The van der Waals surface area contributed by atoms with Gasteiger partial charge in [0.15, 0.2) is 0 Å². The minimum Gasteiger partial charge on any atom is -0.509 e. The predicted octanol–water partition coefficient (Wildman–Crippen LogP) is 10.5. The van der Waals surface area contributed by atoms with Crippen molar-refractivity contribution in [2.75, 3.05) is 0 Å². The maximum Gasteiger partial charge on any atom is 2.00 e. The maximum atomic E-state index is 6.54. The van der Waals surface area contributed by atoms with Crippen LogP contribution in [-0.2, 0) is 21.1 Å². The average molecular weight is 868 g/mol. The minimum absolute atomic E-state index is 0. The van der Waals surface area contributed by atoms with E-state index < -0.39 is 0 Å². The Kier molecular flexibility index (Phi) is 9.03. The topological polar surface area (TPSA) is 70.7 Å². The Bertz CT molecular complexity index is 2740. The Hall–Kier alpha value is -6.17. The van der Waals surface area contributed by atoms with E-state index in [9.17, 15) is 0 Å². The fourth-order valence-corrected chi connectivity index (χ4v) is 7.06. The first-order chi connectivity index (χ1) is 25.5. The fraction of sp³-hybridized carbons (Fsp3) is 0.0667. The molecular formula is C45H32N6OPt. The van der Waals surface area contributed by atoms with Crippen LogP contribution in [0.25, 0.3) is 67.0 Å². The Morgan fingerprint density at radius 1 is 0.623 bits per heavy atom. The van der Waals surface area contributed by atoms with Crippen molar-refractivity contribution in [2.45, 2.75) is 20.8 Å². The molecule has 0 fully saturated rings. The van der Waals surface area contributed by atoms with Crippen molar-refractivity contribution in [1.82, 2.24) is 29.3 Å². The molecule has 9 aromatic rings. The van der Waals surface area contributed by atoms with E-state index >= 15 is 0 Å². The summed E-state index contributed by atoms with van der Waals surface area (Å²) in [5.74, 6) is 1.94. The fourth-order valence-electron chi connectivity index (χ4n) is 7.06. The molecule has 0 N–H and O–H groups in total. The molecule has 0 saturated carbocycles. The van der Waals surface area contributed by atoms with Gasteiger partial charge in [0.05, 0.1) is 5.69 Å². The number of aromatic nitrogens is 6. The van der Waals surface area contributed by atoms with Crippen molar-refractivity contribution in [3.63, 3.8) is 0 Å². The molecule has 0 unspecified atom stereocenters. The summed E-state index contributed by atoms with van der Waals surface area (Å²) in [7, 11) is 0. The monoisotopic (exact) mass is 867 g/mol. The maximum absolute atomic E-state index is 6.54. The van der Waals surface area contributed by atoms with Gasteiger partial charge in [0.25, 0.3) is 0 Å². The number of hydrogen-bond acceptors (Lipinski definition) is 5. The molecule has 8 heteroatoms.